The highest BCUT2D eigenvalue weighted by atomic mass is 15.1. The molecule has 0 saturated heterocycles. The Morgan fingerprint density at radius 1 is 0.344 bits per heavy atom. The zero-order valence-electron chi connectivity index (χ0n) is 35.4. The molecule has 11 aromatic rings. The molecule has 2 aliphatic rings. The first-order valence-corrected chi connectivity index (χ1v) is 22.3. The predicted octanol–water partition coefficient (Wildman–Crippen LogP) is 16.2. The average Bonchev–Trinajstić information content (AvgIpc) is 3.97. The fourth-order valence-electron chi connectivity index (χ4n) is 11.2. The highest BCUT2D eigenvalue weighted by Gasteiger charge is 2.51. The van der Waals surface area contributed by atoms with Crippen molar-refractivity contribution in [2.75, 3.05) is 4.90 Å². The maximum Gasteiger partial charge on any atom is 0.0726 e. The Morgan fingerprint density at radius 2 is 0.812 bits per heavy atom. The van der Waals surface area contributed by atoms with E-state index in [4.69, 9.17) is 0 Å². The minimum Gasteiger partial charge on any atom is -0.310 e. The Labute approximate surface area is 373 Å². The number of fused-ring (bicyclic) bond motifs is 13. The molecule has 0 atom stereocenters. The smallest absolute Gasteiger partial charge is 0.0726 e. The summed E-state index contributed by atoms with van der Waals surface area (Å²) in [5.41, 5.74) is 23.2. The van der Waals surface area contributed by atoms with Crippen molar-refractivity contribution in [3.8, 4) is 50.2 Å². The van der Waals surface area contributed by atoms with Crippen LogP contribution in [0.25, 0.3) is 72.0 Å². The fourth-order valence-corrected chi connectivity index (χ4v) is 11.2. The van der Waals surface area contributed by atoms with Gasteiger partial charge in [-0.05, 0) is 146 Å². The van der Waals surface area contributed by atoms with Gasteiger partial charge in [0.05, 0.1) is 16.4 Å². The maximum atomic E-state index is 2.48. The van der Waals surface area contributed by atoms with Crippen molar-refractivity contribution in [2.24, 2.45) is 0 Å². The molecular formula is C62H42N2. The molecule has 300 valence electrons. The number of para-hydroxylation sites is 2. The minimum atomic E-state index is -0.429. The van der Waals surface area contributed by atoms with Gasteiger partial charge in [-0.15, -0.1) is 0 Å². The van der Waals surface area contributed by atoms with Gasteiger partial charge < -0.3 is 9.47 Å². The summed E-state index contributed by atoms with van der Waals surface area (Å²) >= 11 is 0. The first kappa shape index (κ1) is 36.5. The first-order chi connectivity index (χ1) is 31.7. The van der Waals surface area contributed by atoms with E-state index >= 15 is 0 Å². The van der Waals surface area contributed by atoms with Crippen molar-refractivity contribution in [1.29, 1.82) is 0 Å². The van der Waals surface area contributed by atoms with E-state index in [1.165, 1.54) is 99.8 Å². The molecule has 0 aliphatic heterocycles. The molecule has 0 fully saturated rings. The van der Waals surface area contributed by atoms with Gasteiger partial charge in [-0.3, -0.25) is 0 Å². The van der Waals surface area contributed by atoms with Gasteiger partial charge in [0.2, 0.25) is 0 Å². The van der Waals surface area contributed by atoms with Gasteiger partial charge in [0, 0.05) is 33.5 Å². The van der Waals surface area contributed by atoms with Crippen molar-refractivity contribution in [3.63, 3.8) is 0 Å². The molecule has 2 heteroatoms. The number of aromatic nitrogens is 1. The average molecular weight is 815 g/mol. The highest BCUT2D eigenvalue weighted by Crippen LogP contribution is 2.63. The van der Waals surface area contributed by atoms with Crippen LogP contribution >= 0.6 is 0 Å². The van der Waals surface area contributed by atoms with E-state index in [0.717, 1.165) is 17.1 Å². The van der Waals surface area contributed by atoms with E-state index in [1.807, 2.05) is 0 Å². The third-order valence-corrected chi connectivity index (χ3v) is 13.9. The van der Waals surface area contributed by atoms with Crippen molar-refractivity contribution in [1.82, 2.24) is 4.57 Å². The van der Waals surface area contributed by atoms with Crippen molar-refractivity contribution >= 4 is 38.9 Å². The third kappa shape index (κ3) is 5.26. The summed E-state index contributed by atoms with van der Waals surface area (Å²) in [5, 5.41) is 2.53. The maximum absolute atomic E-state index is 2.48. The van der Waals surface area contributed by atoms with Crippen LogP contribution in [0, 0.1) is 6.92 Å². The predicted molar refractivity (Wildman–Crippen MR) is 267 cm³/mol. The summed E-state index contributed by atoms with van der Waals surface area (Å²) in [6.07, 6.45) is 0. The second kappa shape index (κ2) is 14.2. The Bertz CT molecular complexity index is 3540. The third-order valence-electron chi connectivity index (χ3n) is 13.9. The van der Waals surface area contributed by atoms with Crippen LogP contribution in [-0.4, -0.2) is 4.57 Å². The van der Waals surface area contributed by atoms with Crippen molar-refractivity contribution in [2.45, 2.75) is 12.3 Å². The Balaban J connectivity index is 0.976. The van der Waals surface area contributed by atoms with Gasteiger partial charge in [-0.2, -0.15) is 0 Å². The first-order valence-electron chi connectivity index (χ1n) is 22.3. The number of nitrogens with zero attached hydrogens (tertiary/aromatic N) is 2. The Hall–Kier alpha value is -8.20. The van der Waals surface area contributed by atoms with Crippen LogP contribution in [0.15, 0.2) is 237 Å². The van der Waals surface area contributed by atoms with E-state index in [9.17, 15) is 0 Å². The molecule has 1 heterocycles. The van der Waals surface area contributed by atoms with E-state index in [-0.39, 0.29) is 0 Å². The lowest BCUT2D eigenvalue weighted by Gasteiger charge is -2.32. The second-order valence-electron chi connectivity index (χ2n) is 17.3. The molecule has 0 saturated carbocycles. The van der Waals surface area contributed by atoms with E-state index in [2.05, 4.69) is 253 Å². The normalized spacial score (nSPS) is 12.9. The molecular weight excluding hydrogens is 773 g/mol. The lowest BCUT2D eigenvalue weighted by Crippen LogP contribution is -2.26. The number of rotatable bonds is 6. The zero-order valence-corrected chi connectivity index (χ0v) is 35.4. The quantitative estimate of drug-likeness (QED) is 0.162. The van der Waals surface area contributed by atoms with E-state index < -0.39 is 5.41 Å². The van der Waals surface area contributed by atoms with Gasteiger partial charge in [-0.25, -0.2) is 0 Å². The van der Waals surface area contributed by atoms with Gasteiger partial charge >= 0.3 is 0 Å². The largest absolute Gasteiger partial charge is 0.310 e. The van der Waals surface area contributed by atoms with Gasteiger partial charge in [0.1, 0.15) is 0 Å². The monoisotopic (exact) mass is 814 g/mol. The Kier molecular flexibility index (Phi) is 8.07. The summed E-state index contributed by atoms with van der Waals surface area (Å²) in [6.45, 7) is 2.25. The Morgan fingerprint density at radius 3 is 1.42 bits per heavy atom. The lowest BCUT2D eigenvalue weighted by atomic mass is 9.70. The number of hydrogen-bond donors (Lipinski definition) is 0. The molecule has 0 bridgehead atoms. The second-order valence-corrected chi connectivity index (χ2v) is 17.3. The standard InChI is InChI=1S/C62H42N2/c1-41-38-45(39-55-54-23-11-15-27-60(54)64(61(41)55)46-18-6-3-7-19-46)44-30-34-48(35-31-44)63(47-32-28-43(29-33-47)42-16-4-2-5-17-42)49-36-37-53-52-22-10-14-26-58(52)62(59(53)40-49)56-24-12-8-20-50(56)51-21-9-13-25-57(51)62/h2-40H,1H3. The molecule has 1 aromatic heterocycles. The van der Waals surface area contributed by atoms with Crippen LogP contribution in [-0.2, 0) is 5.41 Å². The number of hydrogen-bond acceptors (Lipinski definition) is 1. The van der Waals surface area contributed by atoms with Crippen molar-refractivity contribution in [3.05, 3.63) is 264 Å². The van der Waals surface area contributed by atoms with Gasteiger partial charge in [0.15, 0.2) is 0 Å². The molecule has 2 nitrogen and oxygen atoms in total. The minimum absolute atomic E-state index is 0.429. The number of benzene rings is 10. The van der Waals surface area contributed by atoms with Crippen LogP contribution < -0.4 is 4.90 Å². The van der Waals surface area contributed by atoms with Gasteiger partial charge in [0.25, 0.3) is 0 Å². The molecule has 0 N–H and O–H groups in total. The van der Waals surface area contributed by atoms with E-state index in [1.54, 1.807) is 0 Å². The van der Waals surface area contributed by atoms with Gasteiger partial charge in [-0.1, -0.05) is 170 Å². The summed E-state index contributed by atoms with van der Waals surface area (Å²) in [6, 6.07) is 87.4. The summed E-state index contributed by atoms with van der Waals surface area (Å²) in [5.74, 6) is 0. The summed E-state index contributed by atoms with van der Waals surface area (Å²) in [7, 11) is 0. The summed E-state index contributed by atoms with van der Waals surface area (Å²) < 4.78 is 2.41. The topological polar surface area (TPSA) is 8.17 Å². The zero-order chi connectivity index (χ0) is 42.4. The summed E-state index contributed by atoms with van der Waals surface area (Å²) in [4.78, 5) is 2.43. The fraction of sp³-hybridized carbons (Fsp3) is 0.0323. The lowest BCUT2D eigenvalue weighted by molar-refractivity contribution is 0.793. The van der Waals surface area contributed by atoms with E-state index in [0.29, 0.717) is 0 Å². The van der Waals surface area contributed by atoms with Crippen LogP contribution in [0.2, 0.25) is 0 Å². The van der Waals surface area contributed by atoms with Crippen LogP contribution in [0.5, 0.6) is 0 Å². The molecule has 13 rings (SSSR count). The molecule has 0 amide bonds. The molecule has 10 aromatic carbocycles. The molecule has 0 radical (unpaired) electrons. The van der Waals surface area contributed by atoms with Crippen molar-refractivity contribution < 1.29 is 0 Å². The van der Waals surface area contributed by atoms with Crippen LogP contribution in [0.4, 0.5) is 17.1 Å². The van der Waals surface area contributed by atoms with Crippen LogP contribution in [0.3, 0.4) is 0 Å². The SMILES string of the molecule is Cc1cc(-c2ccc(N(c3ccc(-c4ccccc4)cc3)c3ccc4c(c3)C3(c5ccccc5-c5ccccc53)c3ccccc3-4)cc2)cc2c3ccccc3n(-c3ccccc3)c12. The number of aryl methyl sites for hydroxylation is 1. The highest BCUT2D eigenvalue weighted by molar-refractivity contribution is 6.11. The molecule has 1 spiro atoms. The molecule has 64 heavy (non-hydrogen) atoms. The molecule has 2 aliphatic carbocycles. The van der Waals surface area contributed by atoms with Crippen LogP contribution in [0.1, 0.15) is 27.8 Å². The molecule has 0 unspecified atom stereocenters. The number of anilines is 3.